The quantitative estimate of drug-likeness (QED) is 0.608. The zero-order valence-electron chi connectivity index (χ0n) is 17.8. The van der Waals surface area contributed by atoms with E-state index in [0.29, 0.717) is 0 Å². The fourth-order valence-electron chi connectivity index (χ4n) is 4.20. The van der Waals surface area contributed by atoms with Gasteiger partial charge in [-0.3, -0.25) is 4.79 Å². The van der Waals surface area contributed by atoms with Crippen LogP contribution in [0.25, 0.3) is 11.1 Å². The number of pyridine rings is 1. The van der Waals surface area contributed by atoms with Gasteiger partial charge < -0.3 is 15.3 Å². The Morgan fingerprint density at radius 2 is 1.75 bits per heavy atom. The Labute approximate surface area is 199 Å². The molecule has 1 amide bonds. The maximum atomic E-state index is 12.4. The summed E-state index contributed by atoms with van der Waals surface area (Å²) in [5.74, 6) is -0.140. The van der Waals surface area contributed by atoms with Gasteiger partial charge in [-0.15, -0.1) is 0 Å². The molecule has 32 heavy (non-hydrogen) atoms. The van der Waals surface area contributed by atoms with Gasteiger partial charge in [-0.2, -0.15) is 0 Å². The second kappa shape index (κ2) is 9.60. The molecule has 2 heterocycles. The number of rotatable bonds is 4. The van der Waals surface area contributed by atoms with Crippen molar-refractivity contribution in [3.05, 3.63) is 77.5 Å². The molecule has 0 bridgehead atoms. The molecule has 160 valence electrons. The summed E-state index contributed by atoms with van der Waals surface area (Å²) < 4.78 is 0. The number of benzene rings is 2. The maximum absolute atomic E-state index is 12.4. The molecule has 0 unspecified atom stereocenters. The Kier molecular flexibility index (Phi) is 7.08. The van der Waals surface area contributed by atoms with Gasteiger partial charge in [0, 0.05) is 24.8 Å². The number of nitrogens with one attached hydrogen (secondary N) is 1. The monoisotopic (exact) mass is 423 g/mol. The summed E-state index contributed by atoms with van der Waals surface area (Å²) in [5, 5.41) is 12.7. The number of aromatic nitrogens is 1. The second-order valence-corrected chi connectivity index (χ2v) is 8.05. The molecule has 1 aliphatic heterocycles. The molecular weight excluding hydrogens is 397 g/mol. The third kappa shape index (κ3) is 4.72. The molecular formula is C25H26LiN3O3. The van der Waals surface area contributed by atoms with E-state index in [1.165, 1.54) is 0 Å². The number of carbonyl (C=O) groups is 2. The average Bonchev–Trinajstić information content (AvgIpc) is 2.75. The Hall–Kier alpha value is -3.07. The van der Waals surface area contributed by atoms with Gasteiger partial charge in [0.05, 0.1) is 11.6 Å². The Balaban J connectivity index is 0.00000289. The van der Waals surface area contributed by atoms with E-state index in [1.807, 2.05) is 54.4 Å². The minimum absolute atomic E-state index is 0. The molecule has 1 aromatic heterocycles. The zero-order valence-corrected chi connectivity index (χ0v) is 17.8. The molecule has 2 atom stereocenters. The van der Waals surface area contributed by atoms with E-state index < -0.39 is 5.97 Å². The van der Waals surface area contributed by atoms with Gasteiger partial charge in [-0.05, 0) is 72.9 Å². The van der Waals surface area contributed by atoms with Crippen LogP contribution in [-0.4, -0.2) is 46.9 Å². The van der Waals surface area contributed by atoms with Gasteiger partial charge in [0.15, 0.2) is 0 Å². The van der Waals surface area contributed by atoms with Crippen molar-refractivity contribution in [3.63, 3.8) is 0 Å². The standard InChI is InChI=1S/C25H25N3O3.Li.H/c1-15-4-11-24(26-14-15)27-22-12-16(2)28(17(3)29)23-10-9-20(13-21(22)23)18-5-7-19(8-6-18)25(30)31;;/h4-11,13-14,16,22H,12H2,1-3H3,(H,26,27)(H,30,31);;/t16-,22+;;/m0../s1. The number of hydrogen-bond donors (Lipinski definition) is 2. The van der Waals surface area contributed by atoms with Crippen LogP contribution in [0.5, 0.6) is 0 Å². The third-order valence-electron chi connectivity index (χ3n) is 5.72. The first-order valence-electron chi connectivity index (χ1n) is 10.3. The fourth-order valence-corrected chi connectivity index (χ4v) is 4.20. The van der Waals surface area contributed by atoms with E-state index in [-0.39, 0.29) is 42.4 Å². The summed E-state index contributed by atoms with van der Waals surface area (Å²) in [6.07, 6.45) is 2.58. The van der Waals surface area contributed by atoms with Crippen LogP contribution >= 0.6 is 0 Å². The van der Waals surface area contributed by atoms with Crippen LogP contribution < -0.4 is 10.2 Å². The number of carboxylic acids is 1. The summed E-state index contributed by atoms with van der Waals surface area (Å²) in [4.78, 5) is 29.8. The van der Waals surface area contributed by atoms with Crippen LogP contribution in [0, 0.1) is 6.92 Å². The van der Waals surface area contributed by atoms with Gasteiger partial charge in [-0.1, -0.05) is 24.3 Å². The van der Waals surface area contributed by atoms with Crippen molar-refractivity contribution in [1.82, 2.24) is 4.98 Å². The molecule has 2 aromatic carbocycles. The van der Waals surface area contributed by atoms with E-state index in [1.54, 1.807) is 19.1 Å². The van der Waals surface area contributed by atoms with E-state index >= 15 is 0 Å². The van der Waals surface area contributed by atoms with Crippen molar-refractivity contribution in [1.29, 1.82) is 0 Å². The number of carbonyl (C=O) groups excluding carboxylic acids is 1. The number of nitrogens with zero attached hydrogens (tertiary/aromatic N) is 2. The molecule has 6 nitrogen and oxygen atoms in total. The summed E-state index contributed by atoms with van der Waals surface area (Å²) in [7, 11) is 0. The number of carboxylic acid groups (broad SMARTS) is 1. The van der Waals surface area contributed by atoms with E-state index in [4.69, 9.17) is 5.11 Å². The molecule has 0 radical (unpaired) electrons. The SMILES string of the molecule is CC(=O)N1c2ccc(-c3ccc(C(=O)O)cc3)cc2[C@H](Nc2ccc(C)cn2)C[C@@H]1C.[LiH]. The first-order chi connectivity index (χ1) is 14.8. The molecule has 0 fully saturated rings. The normalized spacial score (nSPS) is 17.2. The van der Waals surface area contributed by atoms with Crippen molar-refractivity contribution < 1.29 is 14.7 Å². The molecule has 7 heteroatoms. The number of hydrogen-bond acceptors (Lipinski definition) is 4. The van der Waals surface area contributed by atoms with Crippen molar-refractivity contribution in [2.45, 2.75) is 39.3 Å². The first kappa shape index (κ1) is 23.6. The van der Waals surface area contributed by atoms with E-state index in [2.05, 4.69) is 23.3 Å². The van der Waals surface area contributed by atoms with Crippen LogP contribution in [0.4, 0.5) is 11.5 Å². The van der Waals surface area contributed by atoms with Gasteiger partial charge in [0.2, 0.25) is 5.91 Å². The van der Waals surface area contributed by atoms with Crippen LogP contribution in [0.2, 0.25) is 0 Å². The second-order valence-electron chi connectivity index (χ2n) is 8.05. The van der Waals surface area contributed by atoms with Gasteiger partial charge in [-0.25, -0.2) is 9.78 Å². The van der Waals surface area contributed by atoms with E-state index in [0.717, 1.165) is 40.2 Å². The van der Waals surface area contributed by atoms with Crippen LogP contribution in [0.3, 0.4) is 0 Å². The molecule has 0 saturated carbocycles. The Morgan fingerprint density at radius 1 is 1.06 bits per heavy atom. The molecule has 1 aliphatic rings. The fraction of sp³-hybridized carbons (Fsp3) is 0.240. The summed E-state index contributed by atoms with van der Waals surface area (Å²) >= 11 is 0. The molecule has 4 rings (SSSR count). The zero-order chi connectivity index (χ0) is 22.1. The van der Waals surface area contributed by atoms with Crippen LogP contribution in [0.15, 0.2) is 60.8 Å². The van der Waals surface area contributed by atoms with Crippen molar-refractivity contribution >= 4 is 42.2 Å². The van der Waals surface area contributed by atoms with E-state index in [9.17, 15) is 9.59 Å². The summed E-state index contributed by atoms with van der Waals surface area (Å²) in [6, 6.07) is 16.9. The molecule has 2 N–H and O–H groups in total. The molecule has 0 aliphatic carbocycles. The minimum atomic E-state index is -0.946. The number of amides is 1. The van der Waals surface area contributed by atoms with Gasteiger partial charge in [0.25, 0.3) is 0 Å². The predicted octanol–water partition coefficient (Wildman–Crippen LogP) is 4.41. The number of fused-ring (bicyclic) bond motifs is 1. The number of aromatic carboxylic acids is 1. The van der Waals surface area contributed by atoms with Crippen molar-refractivity contribution in [2.75, 3.05) is 10.2 Å². The molecule has 0 spiro atoms. The Morgan fingerprint density at radius 3 is 2.34 bits per heavy atom. The Bertz CT molecular complexity index is 1130. The van der Waals surface area contributed by atoms with Crippen molar-refractivity contribution in [3.8, 4) is 11.1 Å². The molecule has 3 aromatic rings. The van der Waals surface area contributed by atoms with Gasteiger partial charge >= 0.3 is 24.8 Å². The van der Waals surface area contributed by atoms with Gasteiger partial charge in [0.1, 0.15) is 5.82 Å². The summed E-state index contributed by atoms with van der Waals surface area (Å²) in [6.45, 7) is 5.65. The summed E-state index contributed by atoms with van der Waals surface area (Å²) in [5.41, 5.74) is 5.16. The number of anilines is 2. The topological polar surface area (TPSA) is 82.5 Å². The predicted molar refractivity (Wildman–Crippen MR) is 129 cm³/mol. The first-order valence-corrected chi connectivity index (χ1v) is 10.3. The number of aryl methyl sites for hydroxylation is 1. The van der Waals surface area contributed by atoms with Crippen LogP contribution in [-0.2, 0) is 4.79 Å². The molecule has 0 saturated heterocycles. The third-order valence-corrected chi connectivity index (χ3v) is 5.72. The van der Waals surface area contributed by atoms with Crippen LogP contribution in [0.1, 0.15) is 47.8 Å². The van der Waals surface area contributed by atoms with Crippen molar-refractivity contribution in [2.24, 2.45) is 0 Å². The average molecular weight is 423 g/mol.